The number of aryl methyl sites for hydroxylation is 3. The van der Waals surface area contributed by atoms with E-state index < -0.39 is 5.41 Å². The molecule has 9 aromatic carbocycles. The fourth-order valence-corrected chi connectivity index (χ4v) is 19.1. The van der Waals surface area contributed by atoms with Crippen molar-refractivity contribution in [2.24, 2.45) is 0 Å². The van der Waals surface area contributed by atoms with Gasteiger partial charge in [0.25, 0.3) is 6.71 Å². The number of anilines is 6. The Hall–Kier alpha value is -7.36. The van der Waals surface area contributed by atoms with E-state index in [0.29, 0.717) is 0 Å². The van der Waals surface area contributed by atoms with E-state index in [1.807, 2.05) is 0 Å². The Morgan fingerprint density at radius 2 is 0.872 bits per heavy atom. The average Bonchev–Trinajstić information content (AvgIpc) is 1.21. The maximum atomic E-state index is 2.81. The molecular formula is C83H85BN2. The standard InChI is InChI=1S/C83H85BN2/c1-46-25-24-26-47(2)69(46)49-40-66-73-67(41-49)86(65-44-61-60(39-48(65)3)77(7,8)37-38-78(61,9)10)64-36-33-52-53-42-50(76(4,5)6)31-34-54(53)83(19)70(52)74(64)84(73)75-68(45-63-71(72(75)83)82(17,18)58-30-23-22-29-57(58)81(63,15)16)85(66)51-32-35-59-62(43-51)80(13,14)56-28-21-20-27-55(56)79(59,11)12/h20-36,39-45H,37-38H2,1-19H3. The van der Waals surface area contributed by atoms with Crippen molar-refractivity contribution < 1.29 is 0 Å². The number of hydrogen-bond donors (Lipinski definition) is 0. The largest absolute Gasteiger partial charge is 0.311 e. The molecule has 430 valence electrons. The number of nitrogens with zero attached hydrogens (tertiary/aromatic N) is 2. The average molecular weight is 1120 g/mol. The molecule has 9 aromatic rings. The van der Waals surface area contributed by atoms with Gasteiger partial charge in [-0.3, -0.25) is 0 Å². The Balaban J connectivity index is 1.12. The first-order valence-corrected chi connectivity index (χ1v) is 32.3. The normalized spacial score (nSPS) is 20.5. The monoisotopic (exact) mass is 1120 g/mol. The molecule has 0 radical (unpaired) electrons. The molecule has 1 atom stereocenters. The van der Waals surface area contributed by atoms with Crippen LogP contribution in [0.5, 0.6) is 0 Å². The van der Waals surface area contributed by atoms with Crippen LogP contribution in [0.3, 0.4) is 0 Å². The van der Waals surface area contributed by atoms with Crippen LogP contribution in [0.4, 0.5) is 34.1 Å². The minimum absolute atomic E-state index is 0.0145. The minimum atomic E-state index is -0.509. The maximum absolute atomic E-state index is 2.81. The number of fused-ring (bicyclic) bond motifs is 10. The predicted octanol–water partition coefficient (Wildman–Crippen LogP) is 19.6. The highest BCUT2D eigenvalue weighted by Crippen LogP contribution is 2.64. The van der Waals surface area contributed by atoms with E-state index in [0.717, 1.165) is 6.42 Å². The van der Waals surface area contributed by atoms with Gasteiger partial charge in [-0.2, -0.15) is 0 Å². The molecule has 2 nitrogen and oxygen atoms in total. The molecule has 0 saturated carbocycles. The molecule has 7 aliphatic rings. The number of benzene rings is 9. The third kappa shape index (κ3) is 6.56. The summed E-state index contributed by atoms with van der Waals surface area (Å²) in [6.45, 7) is 46.8. The van der Waals surface area contributed by atoms with Crippen molar-refractivity contribution >= 4 is 57.2 Å². The van der Waals surface area contributed by atoms with E-state index >= 15 is 0 Å². The summed E-state index contributed by atoms with van der Waals surface area (Å²) in [7, 11) is 0. The van der Waals surface area contributed by atoms with E-state index in [4.69, 9.17) is 0 Å². The van der Waals surface area contributed by atoms with Crippen molar-refractivity contribution in [3.05, 3.63) is 240 Å². The zero-order valence-electron chi connectivity index (χ0n) is 54.7. The van der Waals surface area contributed by atoms with Gasteiger partial charge in [0, 0.05) is 61.2 Å². The highest BCUT2D eigenvalue weighted by Gasteiger charge is 2.60. The molecule has 3 heteroatoms. The highest BCUT2D eigenvalue weighted by molar-refractivity contribution is 7.01. The van der Waals surface area contributed by atoms with Gasteiger partial charge in [0.15, 0.2) is 0 Å². The Labute approximate surface area is 514 Å². The molecular weight excluding hydrogens is 1040 g/mol. The van der Waals surface area contributed by atoms with Crippen molar-refractivity contribution in [3.8, 4) is 22.3 Å². The van der Waals surface area contributed by atoms with Crippen molar-refractivity contribution in [1.29, 1.82) is 0 Å². The molecule has 3 aliphatic heterocycles. The Bertz CT molecular complexity index is 4560. The summed E-state index contributed by atoms with van der Waals surface area (Å²) >= 11 is 0. The SMILES string of the molecule is Cc1cc2c(cc1N1c3cc(-c4c(C)cccc4C)cc4c3B3c5c1ccc1c5C(C)(c5ccc(C(C)(C)C)cc5-1)c1c3c(cc3c1C(C)(C)c1ccccc1C3(C)C)N4c1ccc3c(c1)C(C)(C)c1ccccc1C3(C)C)C(C)(C)CCC2(C)C. The summed E-state index contributed by atoms with van der Waals surface area (Å²) in [4.78, 5) is 5.61. The van der Waals surface area contributed by atoms with Crippen LogP contribution in [0.1, 0.15) is 218 Å². The van der Waals surface area contributed by atoms with Gasteiger partial charge in [-0.05, 0) is 232 Å². The third-order valence-electron chi connectivity index (χ3n) is 23.9. The van der Waals surface area contributed by atoms with Gasteiger partial charge in [-0.15, -0.1) is 0 Å². The summed E-state index contributed by atoms with van der Waals surface area (Å²) in [5, 5.41) is 0. The zero-order valence-corrected chi connectivity index (χ0v) is 54.7. The minimum Gasteiger partial charge on any atom is -0.311 e. The van der Waals surface area contributed by atoms with E-state index in [1.54, 1.807) is 0 Å². The van der Waals surface area contributed by atoms with Crippen molar-refractivity contribution in [2.75, 3.05) is 9.80 Å². The van der Waals surface area contributed by atoms with Gasteiger partial charge < -0.3 is 9.80 Å². The van der Waals surface area contributed by atoms with Gasteiger partial charge in [-0.25, -0.2) is 0 Å². The van der Waals surface area contributed by atoms with Crippen LogP contribution in [0.2, 0.25) is 0 Å². The van der Waals surface area contributed by atoms with Crippen LogP contribution in [-0.2, 0) is 43.3 Å². The van der Waals surface area contributed by atoms with Crippen molar-refractivity contribution in [1.82, 2.24) is 0 Å². The van der Waals surface area contributed by atoms with E-state index in [1.165, 1.54) is 174 Å². The van der Waals surface area contributed by atoms with Gasteiger partial charge in [0.05, 0.1) is 0 Å². The molecule has 86 heavy (non-hydrogen) atoms. The summed E-state index contributed by atoms with van der Waals surface area (Å²) in [6, 6.07) is 59.4. The van der Waals surface area contributed by atoms with Crippen LogP contribution in [0.15, 0.2) is 146 Å². The zero-order chi connectivity index (χ0) is 60.4. The lowest BCUT2D eigenvalue weighted by molar-refractivity contribution is 0.332. The molecule has 0 spiro atoms. The molecule has 0 saturated heterocycles. The lowest BCUT2D eigenvalue weighted by atomic mass is 9.27. The molecule has 0 N–H and O–H groups in total. The lowest BCUT2D eigenvalue weighted by Gasteiger charge is -2.55. The van der Waals surface area contributed by atoms with Gasteiger partial charge in [0.1, 0.15) is 0 Å². The van der Waals surface area contributed by atoms with Crippen LogP contribution in [-0.4, -0.2) is 6.71 Å². The first kappa shape index (κ1) is 54.1. The molecule has 0 amide bonds. The quantitative estimate of drug-likeness (QED) is 0.163. The fraction of sp³-hybridized carbons (Fsp3) is 0.349. The molecule has 16 rings (SSSR count). The van der Waals surface area contributed by atoms with Crippen LogP contribution >= 0.6 is 0 Å². The topological polar surface area (TPSA) is 6.48 Å². The highest BCUT2D eigenvalue weighted by atomic mass is 15.2. The second-order valence-electron chi connectivity index (χ2n) is 32.2. The Morgan fingerprint density at radius 1 is 0.360 bits per heavy atom. The smallest absolute Gasteiger partial charge is 0.253 e. The van der Waals surface area contributed by atoms with Crippen molar-refractivity contribution in [3.63, 3.8) is 0 Å². The number of rotatable bonds is 3. The summed E-state index contributed by atoms with van der Waals surface area (Å²) in [5.41, 5.74) is 40.2. The Morgan fingerprint density at radius 3 is 1.49 bits per heavy atom. The molecule has 4 aliphatic carbocycles. The second kappa shape index (κ2) is 16.6. The lowest BCUT2D eigenvalue weighted by Crippen LogP contribution is -2.68. The van der Waals surface area contributed by atoms with Gasteiger partial charge in [0.2, 0.25) is 0 Å². The summed E-state index contributed by atoms with van der Waals surface area (Å²) < 4.78 is 0. The van der Waals surface area contributed by atoms with Gasteiger partial charge >= 0.3 is 0 Å². The first-order valence-electron chi connectivity index (χ1n) is 32.3. The van der Waals surface area contributed by atoms with E-state index in [9.17, 15) is 0 Å². The fourth-order valence-electron chi connectivity index (χ4n) is 19.1. The number of hydrogen-bond acceptors (Lipinski definition) is 2. The van der Waals surface area contributed by atoms with Crippen LogP contribution < -0.4 is 26.2 Å². The summed E-state index contributed by atoms with van der Waals surface area (Å²) in [6.07, 6.45) is 2.33. The van der Waals surface area contributed by atoms with Crippen LogP contribution in [0.25, 0.3) is 22.3 Å². The predicted molar refractivity (Wildman–Crippen MR) is 366 cm³/mol. The second-order valence-corrected chi connectivity index (χ2v) is 32.2. The van der Waals surface area contributed by atoms with Crippen molar-refractivity contribution in [2.45, 2.75) is 188 Å². The molecule has 3 heterocycles. The molecule has 1 unspecified atom stereocenters. The molecule has 0 fully saturated rings. The molecule has 0 aromatic heterocycles. The van der Waals surface area contributed by atoms with E-state index in [-0.39, 0.29) is 44.6 Å². The van der Waals surface area contributed by atoms with Crippen LogP contribution in [0, 0.1) is 20.8 Å². The molecule has 0 bridgehead atoms. The third-order valence-corrected chi connectivity index (χ3v) is 23.9. The first-order chi connectivity index (χ1) is 40.4. The summed E-state index contributed by atoms with van der Waals surface area (Å²) in [5.74, 6) is 0. The Kier molecular flexibility index (Phi) is 10.5. The van der Waals surface area contributed by atoms with Gasteiger partial charge in [-0.1, -0.05) is 207 Å². The van der Waals surface area contributed by atoms with E-state index in [2.05, 4.69) is 287 Å². The maximum Gasteiger partial charge on any atom is 0.253 e.